The fourth-order valence-corrected chi connectivity index (χ4v) is 10.7. The Hall–Kier alpha value is -2.19. The molecule has 4 aliphatic carbocycles. The average Bonchev–Trinajstić information content (AvgIpc) is 3.26. The van der Waals surface area contributed by atoms with Crippen LogP contribution in [-0.2, 0) is 9.53 Å². The first-order chi connectivity index (χ1) is 18.4. The number of carbonyl (C=O) groups is 1. The molecule has 2 heteroatoms. The predicted octanol–water partition coefficient (Wildman–Crippen LogP) is 8.50. The Morgan fingerprint density at radius 1 is 0.921 bits per heavy atom. The molecular weight excluding hydrogens is 464 g/mol. The van der Waals surface area contributed by atoms with E-state index in [0.717, 1.165) is 19.3 Å². The van der Waals surface area contributed by atoms with Crippen molar-refractivity contribution in [2.24, 2.45) is 40.4 Å². The molecule has 2 aromatic carbocycles. The van der Waals surface area contributed by atoms with Crippen molar-refractivity contribution in [2.45, 2.75) is 90.3 Å². The highest BCUT2D eigenvalue weighted by Gasteiger charge is 2.74. The van der Waals surface area contributed by atoms with E-state index in [0.29, 0.717) is 41.5 Å². The second kappa shape index (κ2) is 8.91. The van der Waals surface area contributed by atoms with Crippen molar-refractivity contribution in [3.63, 3.8) is 0 Å². The molecule has 6 aliphatic rings. The molecule has 9 atom stereocenters. The maximum absolute atomic E-state index is 14.4. The topological polar surface area (TPSA) is 26.3 Å². The molecule has 0 aromatic heterocycles. The third kappa shape index (κ3) is 3.38. The van der Waals surface area contributed by atoms with Gasteiger partial charge in [-0.25, -0.2) is 0 Å². The van der Waals surface area contributed by atoms with Gasteiger partial charge in [0.05, 0.1) is 6.10 Å². The molecule has 0 radical (unpaired) electrons. The number of benzene rings is 2. The van der Waals surface area contributed by atoms with Gasteiger partial charge in [0.25, 0.3) is 0 Å². The standard InChI is InChI=1S/C36H44O2/c1-24(14-16-29(25-10-6-4-7-11-25)26-12-8-5-9-13-26)30-18-19-31-32-17-15-27-22-28-20-21-35(27,3)36(32,38-28)33(37)23-34(30,31)2/h4-13,16,24,27-28,30-32H,14-15,17-23H2,1-3H3/t24-,27+,28+,30-,31+,32+,34+,35-,36-/m0/s1. The highest BCUT2D eigenvalue weighted by Crippen LogP contribution is 2.72. The van der Waals surface area contributed by atoms with Gasteiger partial charge >= 0.3 is 0 Å². The molecule has 4 bridgehead atoms. The fraction of sp³-hybridized carbons (Fsp3) is 0.583. The molecule has 2 heterocycles. The van der Waals surface area contributed by atoms with Gasteiger partial charge in [-0.15, -0.1) is 0 Å². The summed E-state index contributed by atoms with van der Waals surface area (Å²) in [6.07, 6.45) is 13.2. The molecule has 0 amide bonds. The number of ether oxygens (including phenoxy) is 1. The summed E-state index contributed by atoms with van der Waals surface area (Å²) < 4.78 is 6.93. The molecule has 2 nitrogen and oxygen atoms in total. The molecule has 2 aromatic rings. The summed E-state index contributed by atoms with van der Waals surface area (Å²) in [5.41, 5.74) is 3.58. The summed E-state index contributed by atoms with van der Waals surface area (Å²) >= 11 is 0. The van der Waals surface area contributed by atoms with Crippen molar-refractivity contribution in [3.05, 3.63) is 77.9 Å². The molecule has 38 heavy (non-hydrogen) atoms. The first-order valence-corrected chi connectivity index (χ1v) is 15.4. The van der Waals surface area contributed by atoms with E-state index in [9.17, 15) is 4.79 Å². The van der Waals surface area contributed by atoms with Crippen LogP contribution in [0.3, 0.4) is 0 Å². The second-order valence-corrected chi connectivity index (χ2v) is 14.0. The maximum atomic E-state index is 14.4. The summed E-state index contributed by atoms with van der Waals surface area (Å²) in [7, 11) is 0. The molecule has 6 fully saturated rings. The first kappa shape index (κ1) is 24.8. The number of hydrogen-bond donors (Lipinski definition) is 0. The molecule has 2 saturated heterocycles. The van der Waals surface area contributed by atoms with Crippen LogP contribution >= 0.6 is 0 Å². The van der Waals surface area contributed by atoms with Gasteiger partial charge < -0.3 is 4.74 Å². The average molecular weight is 509 g/mol. The van der Waals surface area contributed by atoms with Crippen LogP contribution in [0.15, 0.2) is 66.7 Å². The Balaban J connectivity index is 1.17. The molecule has 0 unspecified atom stereocenters. The van der Waals surface area contributed by atoms with Crippen LogP contribution in [-0.4, -0.2) is 17.5 Å². The van der Waals surface area contributed by atoms with Crippen molar-refractivity contribution < 1.29 is 9.53 Å². The van der Waals surface area contributed by atoms with E-state index in [-0.39, 0.29) is 10.8 Å². The lowest BCUT2D eigenvalue weighted by atomic mass is 9.40. The SMILES string of the molecule is C[C@@H](CC=C(c1ccccc1)c1ccccc1)[C@@H]1CC[C@@H]2[C@H]3CC[C@@H]4C[C@H]5CC[C@]4(C)[C@@]3(O5)C(=O)C[C@@]21C. The van der Waals surface area contributed by atoms with Crippen molar-refractivity contribution in [3.8, 4) is 0 Å². The van der Waals surface area contributed by atoms with Crippen molar-refractivity contribution in [1.82, 2.24) is 0 Å². The lowest BCUT2D eigenvalue weighted by molar-refractivity contribution is -0.307. The number of fused-ring (bicyclic) bond motifs is 3. The van der Waals surface area contributed by atoms with E-state index in [1.165, 1.54) is 55.2 Å². The fourth-order valence-electron chi connectivity index (χ4n) is 10.7. The minimum Gasteiger partial charge on any atom is -0.363 e. The summed E-state index contributed by atoms with van der Waals surface area (Å²) in [4.78, 5) is 14.4. The van der Waals surface area contributed by atoms with Gasteiger partial charge in [-0.05, 0) is 103 Å². The number of carbonyl (C=O) groups excluding carboxylic acids is 1. The highest BCUT2D eigenvalue weighted by atomic mass is 16.5. The van der Waals surface area contributed by atoms with Crippen molar-refractivity contribution in [2.75, 3.05) is 0 Å². The van der Waals surface area contributed by atoms with E-state index in [1.54, 1.807) is 0 Å². The number of ketones is 1. The number of hydrogen-bond acceptors (Lipinski definition) is 2. The number of allylic oxidation sites excluding steroid dienone is 1. The van der Waals surface area contributed by atoms with Crippen LogP contribution < -0.4 is 0 Å². The third-order valence-corrected chi connectivity index (χ3v) is 12.5. The molecule has 2 aliphatic heterocycles. The van der Waals surface area contributed by atoms with Crippen LogP contribution in [0.25, 0.3) is 5.57 Å². The number of Topliss-reactive ketones (excluding diaryl/α,β-unsaturated/α-hetero) is 1. The van der Waals surface area contributed by atoms with Crippen LogP contribution in [0.1, 0.15) is 89.7 Å². The Morgan fingerprint density at radius 2 is 1.58 bits per heavy atom. The van der Waals surface area contributed by atoms with Gasteiger partial charge in [0.15, 0.2) is 5.78 Å². The smallest absolute Gasteiger partial charge is 0.166 e. The zero-order valence-corrected chi connectivity index (χ0v) is 23.5. The molecule has 8 rings (SSSR count). The van der Waals surface area contributed by atoms with Gasteiger partial charge in [0, 0.05) is 11.8 Å². The largest absolute Gasteiger partial charge is 0.363 e. The van der Waals surface area contributed by atoms with Gasteiger partial charge in [-0.1, -0.05) is 87.5 Å². The van der Waals surface area contributed by atoms with Crippen molar-refractivity contribution in [1.29, 1.82) is 0 Å². The molecule has 0 N–H and O–H groups in total. The minimum absolute atomic E-state index is 0.0653. The van der Waals surface area contributed by atoms with E-state index >= 15 is 0 Å². The van der Waals surface area contributed by atoms with Gasteiger partial charge in [0.2, 0.25) is 0 Å². The molecule has 200 valence electrons. The quantitative estimate of drug-likeness (QED) is 0.405. The van der Waals surface area contributed by atoms with Crippen molar-refractivity contribution >= 4 is 11.4 Å². The Morgan fingerprint density at radius 3 is 2.26 bits per heavy atom. The summed E-state index contributed by atoms with van der Waals surface area (Å²) in [5, 5.41) is 0. The molecule has 4 saturated carbocycles. The zero-order chi connectivity index (χ0) is 26.1. The van der Waals surface area contributed by atoms with E-state index in [4.69, 9.17) is 4.74 Å². The molecule has 1 spiro atoms. The third-order valence-electron chi connectivity index (χ3n) is 12.5. The van der Waals surface area contributed by atoms with Gasteiger partial charge in [0.1, 0.15) is 5.60 Å². The van der Waals surface area contributed by atoms with Crippen LogP contribution in [0.5, 0.6) is 0 Å². The lowest BCUT2D eigenvalue weighted by Gasteiger charge is -2.70. The molecular formula is C36H44O2. The van der Waals surface area contributed by atoms with E-state index in [2.05, 4.69) is 87.5 Å². The minimum atomic E-state index is -0.479. The Kier molecular flexibility index (Phi) is 5.82. The lowest BCUT2D eigenvalue weighted by Crippen LogP contribution is -2.75. The van der Waals surface area contributed by atoms with Crippen LogP contribution in [0.2, 0.25) is 0 Å². The predicted molar refractivity (Wildman–Crippen MR) is 153 cm³/mol. The summed E-state index contributed by atoms with van der Waals surface area (Å²) in [6, 6.07) is 21.6. The Bertz CT molecular complexity index is 1190. The van der Waals surface area contributed by atoms with E-state index in [1.807, 2.05) is 0 Å². The van der Waals surface area contributed by atoms with Gasteiger partial charge in [-0.3, -0.25) is 4.79 Å². The highest BCUT2D eigenvalue weighted by molar-refractivity contribution is 5.91. The summed E-state index contributed by atoms with van der Waals surface area (Å²) in [5.74, 6) is 3.34. The second-order valence-electron chi connectivity index (χ2n) is 14.0. The number of rotatable bonds is 5. The normalized spacial score (nSPS) is 41.8. The monoisotopic (exact) mass is 508 g/mol. The van der Waals surface area contributed by atoms with E-state index < -0.39 is 5.60 Å². The summed E-state index contributed by atoms with van der Waals surface area (Å²) in [6.45, 7) is 7.38. The zero-order valence-electron chi connectivity index (χ0n) is 23.5. The van der Waals surface area contributed by atoms with Crippen LogP contribution in [0, 0.1) is 40.4 Å². The van der Waals surface area contributed by atoms with Gasteiger partial charge in [-0.2, -0.15) is 0 Å². The Labute approximate surface area is 229 Å². The van der Waals surface area contributed by atoms with Crippen LogP contribution in [0.4, 0.5) is 0 Å². The first-order valence-electron chi connectivity index (χ1n) is 15.4. The maximum Gasteiger partial charge on any atom is 0.166 e.